The Bertz CT molecular complexity index is 400. The van der Waals surface area contributed by atoms with E-state index < -0.39 is 24.1 Å². The van der Waals surface area contributed by atoms with Crippen molar-refractivity contribution in [3.8, 4) is 0 Å². The Hall–Kier alpha value is -1.44. The van der Waals surface area contributed by atoms with Crippen LogP contribution in [-0.4, -0.2) is 56.4 Å². The van der Waals surface area contributed by atoms with Crippen molar-refractivity contribution in [2.75, 3.05) is 19.8 Å². The fourth-order valence-corrected chi connectivity index (χ4v) is 2.21. The van der Waals surface area contributed by atoms with E-state index in [2.05, 4.69) is 0 Å². The van der Waals surface area contributed by atoms with Crippen molar-refractivity contribution in [2.24, 2.45) is 0 Å². The van der Waals surface area contributed by atoms with Gasteiger partial charge < -0.3 is 23.7 Å². The normalized spacial score (nSPS) is 29.3. The Morgan fingerprint density at radius 1 is 1.14 bits per heavy atom. The summed E-state index contributed by atoms with van der Waals surface area (Å²) in [5, 5.41) is 0. The van der Waals surface area contributed by atoms with Gasteiger partial charge in [0.1, 0.15) is 18.8 Å². The lowest BCUT2D eigenvalue weighted by Crippen LogP contribution is -2.42. The maximum atomic E-state index is 11.1. The molecule has 0 amide bonds. The first-order valence-corrected chi connectivity index (χ1v) is 6.92. The third-order valence-corrected chi connectivity index (χ3v) is 3.10. The van der Waals surface area contributed by atoms with Crippen LogP contribution in [0.2, 0.25) is 0 Å². The maximum Gasteiger partial charge on any atom is 0.303 e. The summed E-state index contributed by atoms with van der Waals surface area (Å²) in [7, 11) is 0. The number of esters is 2. The quantitative estimate of drug-likeness (QED) is 0.542. The molecule has 21 heavy (non-hydrogen) atoms. The first-order chi connectivity index (χ1) is 10.0. The van der Waals surface area contributed by atoms with Gasteiger partial charge in [0, 0.05) is 20.3 Å². The molecule has 2 rings (SSSR count). The van der Waals surface area contributed by atoms with Gasteiger partial charge in [0.05, 0.1) is 19.3 Å². The topological polar surface area (TPSA) is 80.3 Å². The molecule has 0 aromatic carbocycles. The summed E-state index contributed by atoms with van der Waals surface area (Å²) in [6.07, 6.45) is 2.47. The highest BCUT2D eigenvalue weighted by Crippen LogP contribution is 2.22. The molecule has 2 aliphatic heterocycles. The molecule has 1 saturated heterocycles. The largest absolute Gasteiger partial charge is 0.463 e. The van der Waals surface area contributed by atoms with E-state index in [1.54, 1.807) is 6.08 Å². The van der Waals surface area contributed by atoms with Gasteiger partial charge in [-0.15, -0.1) is 0 Å². The molecule has 0 saturated carbocycles. The molecule has 0 aliphatic carbocycles. The number of hydrogen-bond acceptors (Lipinski definition) is 7. The highest BCUT2D eigenvalue weighted by molar-refractivity contribution is 5.66. The van der Waals surface area contributed by atoms with E-state index in [9.17, 15) is 9.59 Å². The molecule has 2 heterocycles. The van der Waals surface area contributed by atoms with Gasteiger partial charge in [0.15, 0.2) is 6.29 Å². The van der Waals surface area contributed by atoms with E-state index in [1.165, 1.54) is 13.8 Å². The lowest BCUT2D eigenvalue weighted by atomic mass is 10.1. The molecule has 7 nitrogen and oxygen atoms in total. The fourth-order valence-electron chi connectivity index (χ4n) is 2.21. The minimum atomic E-state index is -0.566. The summed E-state index contributed by atoms with van der Waals surface area (Å²) in [6, 6.07) is 0. The lowest BCUT2D eigenvalue weighted by Gasteiger charge is -2.32. The van der Waals surface area contributed by atoms with Crippen molar-refractivity contribution in [1.29, 1.82) is 0 Å². The van der Waals surface area contributed by atoms with Crippen molar-refractivity contribution >= 4 is 11.9 Å². The Kier molecular flexibility index (Phi) is 5.72. The van der Waals surface area contributed by atoms with Crippen LogP contribution in [0.4, 0.5) is 0 Å². The first-order valence-electron chi connectivity index (χ1n) is 6.92. The molecule has 0 radical (unpaired) electrons. The Balaban J connectivity index is 1.93. The van der Waals surface area contributed by atoms with E-state index in [0.717, 1.165) is 0 Å². The van der Waals surface area contributed by atoms with E-state index in [1.807, 2.05) is 6.08 Å². The summed E-state index contributed by atoms with van der Waals surface area (Å²) < 4.78 is 26.7. The predicted molar refractivity (Wildman–Crippen MR) is 70.3 cm³/mol. The second-order valence-corrected chi connectivity index (χ2v) is 4.88. The summed E-state index contributed by atoms with van der Waals surface area (Å²) in [5.74, 6) is -0.823. The van der Waals surface area contributed by atoms with Gasteiger partial charge >= 0.3 is 11.9 Å². The van der Waals surface area contributed by atoms with Crippen LogP contribution in [0.3, 0.4) is 0 Å². The minimum Gasteiger partial charge on any atom is -0.463 e. The smallest absolute Gasteiger partial charge is 0.303 e. The van der Waals surface area contributed by atoms with Crippen molar-refractivity contribution in [3.63, 3.8) is 0 Å². The maximum absolute atomic E-state index is 11.1. The SMILES string of the molecule is CC(=O)OCC1OC(CC2OCCO2)C=CC1OC(C)=O. The Morgan fingerprint density at radius 3 is 2.48 bits per heavy atom. The average Bonchev–Trinajstić information content (AvgIpc) is 2.91. The molecular formula is C14H20O7. The number of rotatable bonds is 5. The molecule has 0 N–H and O–H groups in total. The third kappa shape index (κ3) is 5.11. The average molecular weight is 300 g/mol. The summed E-state index contributed by atoms with van der Waals surface area (Å²) in [6.45, 7) is 3.82. The molecule has 0 bridgehead atoms. The highest BCUT2D eigenvalue weighted by atomic mass is 16.7. The summed E-state index contributed by atoms with van der Waals surface area (Å²) >= 11 is 0. The number of ether oxygens (including phenoxy) is 5. The van der Waals surface area contributed by atoms with Crippen LogP contribution in [0.15, 0.2) is 12.2 Å². The summed E-state index contributed by atoms with van der Waals surface area (Å²) in [5.41, 5.74) is 0. The minimum absolute atomic E-state index is 0.0283. The monoisotopic (exact) mass is 300 g/mol. The van der Waals surface area contributed by atoms with Crippen molar-refractivity contribution < 1.29 is 33.3 Å². The highest BCUT2D eigenvalue weighted by Gasteiger charge is 2.32. The molecule has 0 aromatic rings. The molecule has 1 fully saturated rings. The number of hydrogen-bond donors (Lipinski definition) is 0. The van der Waals surface area contributed by atoms with Crippen LogP contribution in [0.1, 0.15) is 20.3 Å². The van der Waals surface area contributed by atoms with E-state index in [-0.39, 0.29) is 19.0 Å². The van der Waals surface area contributed by atoms with Gasteiger partial charge in [-0.3, -0.25) is 9.59 Å². The van der Waals surface area contributed by atoms with Gasteiger partial charge in [-0.25, -0.2) is 0 Å². The standard InChI is InChI=1S/C14H20O7/c1-9(15)19-8-13-12(20-10(2)16)4-3-11(21-13)7-14-17-5-6-18-14/h3-4,11-14H,5-8H2,1-2H3. The van der Waals surface area contributed by atoms with Crippen LogP contribution < -0.4 is 0 Å². The molecule has 7 heteroatoms. The molecular weight excluding hydrogens is 280 g/mol. The Morgan fingerprint density at radius 2 is 1.86 bits per heavy atom. The van der Waals surface area contributed by atoms with Crippen molar-refractivity contribution in [2.45, 2.75) is 44.9 Å². The van der Waals surface area contributed by atoms with Gasteiger partial charge in [-0.2, -0.15) is 0 Å². The lowest BCUT2D eigenvalue weighted by molar-refractivity contribution is -0.167. The van der Waals surface area contributed by atoms with Crippen LogP contribution in [0.25, 0.3) is 0 Å². The molecule has 0 aromatic heterocycles. The van der Waals surface area contributed by atoms with E-state index >= 15 is 0 Å². The van der Waals surface area contributed by atoms with Crippen molar-refractivity contribution in [1.82, 2.24) is 0 Å². The van der Waals surface area contributed by atoms with Gasteiger partial charge in [-0.1, -0.05) is 6.08 Å². The van der Waals surface area contributed by atoms with E-state index in [0.29, 0.717) is 19.6 Å². The molecule has 118 valence electrons. The number of carbonyl (C=O) groups is 2. The fraction of sp³-hybridized carbons (Fsp3) is 0.714. The third-order valence-electron chi connectivity index (χ3n) is 3.10. The molecule has 2 aliphatic rings. The number of carbonyl (C=O) groups excluding carboxylic acids is 2. The first kappa shape index (κ1) is 15.9. The van der Waals surface area contributed by atoms with Crippen molar-refractivity contribution in [3.05, 3.63) is 12.2 Å². The zero-order valence-corrected chi connectivity index (χ0v) is 12.2. The molecule has 0 spiro atoms. The van der Waals surface area contributed by atoms with Crippen LogP contribution in [0, 0.1) is 0 Å². The van der Waals surface area contributed by atoms with Gasteiger partial charge in [0.25, 0.3) is 0 Å². The molecule has 3 unspecified atom stereocenters. The van der Waals surface area contributed by atoms with Gasteiger partial charge in [-0.05, 0) is 6.08 Å². The Labute approximate surface area is 123 Å². The molecule has 3 atom stereocenters. The zero-order valence-electron chi connectivity index (χ0n) is 12.2. The zero-order chi connectivity index (χ0) is 15.2. The second kappa shape index (κ2) is 7.53. The van der Waals surface area contributed by atoms with E-state index in [4.69, 9.17) is 23.7 Å². The van der Waals surface area contributed by atoms with Crippen LogP contribution >= 0.6 is 0 Å². The summed E-state index contributed by atoms with van der Waals surface area (Å²) in [4.78, 5) is 22.0. The predicted octanol–water partition coefficient (Wildman–Crippen LogP) is 0.568. The van der Waals surface area contributed by atoms with Gasteiger partial charge in [0.2, 0.25) is 0 Å². The van der Waals surface area contributed by atoms with Crippen LogP contribution in [0.5, 0.6) is 0 Å². The van der Waals surface area contributed by atoms with Crippen LogP contribution in [-0.2, 0) is 33.3 Å². The second-order valence-electron chi connectivity index (χ2n) is 4.88.